The molecule has 0 radical (unpaired) electrons. The van der Waals surface area contributed by atoms with Crippen LogP contribution in [0.5, 0.6) is 0 Å². The highest BCUT2D eigenvalue weighted by Gasteiger charge is 2.26. The van der Waals surface area contributed by atoms with Crippen LogP contribution >= 0.6 is 0 Å². The minimum Gasteiger partial charge on any atom is -0.315 e. The molecule has 1 saturated heterocycles. The van der Waals surface area contributed by atoms with E-state index in [1.807, 2.05) is 4.57 Å². The predicted octanol–water partition coefficient (Wildman–Crippen LogP) is 3.72. The number of nitrogens with zero attached hydrogens (tertiary/aromatic N) is 3. The Morgan fingerprint density at radius 1 is 1.21 bits per heavy atom. The van der Waals surface area contributed by atoms with Gasteiger partial charge in [0.1, 0.15) is 11.6 Å². The van der Waals surface area contributed by atoms with Crippen molar-refractivity contribution < 1.29 is 4.39 Å². The zero-order valence-electron chi connectivity index (χ0n) is 17.4. The van der Waals surface area contributed by atoms with E-state index >= 15 is 0 Å². The van der Waals surface area contributed by atoms with Crippen molar-refractivity contribution in [2.75, 3.05) is 26.2 Å². The van der Waals surface area contributed by atoms with E-state index in [0.29, 0.717) is 23.4 Å². The molecule has 2 heterocycles. The van der Waals surface area contributed by atoms with Crippen molar-refractivity contribution in [3.05, 3.63) is 40.2 Å². The second kappa shape index (κ2) is 9.61. The molecular formula is C22H33FN4O. The summed E-state index contributed by atoms with van der Waals surface area (Å²) in [4.78, 5) is 20.7. The number of aromatic nitrogens is 2. The van der Waals surface area contributed by atoms with Crippen LogP contribution in [0.3, 0.4) is 0 Å². The quantitative estimate of drug-likeness (QED) is 0.785. The van der Waals surface area contributed by atoms with Crippen LogP contribution in [0.25, 0.3) is 10.9 Å². The zero-order valence-corrected chi connectivity index (χ0v) is 17.4. The summed E-state index contributed by atoms with van der Waals surface area (Å²) in [6.45, 7) is 11.0. The van der Waals surface area contributed by atoms with Crippen LogP contribution in [-0.2, 0) is 6.54 Å². The predicted molar refractivity (Wildman–Crippen MR) is 112 cm³/mol. The molecule has 6 heteroatoms. The van der Waals surface area contributed by atoms with E-state index in [1.54, 1.807) is 6.07 Å². The molecule has 0 amide bonds. The first-order chi connectivity index (χ1) is 13.5. The van der Waals surface area contributed by atoms with Gasteiger partial charge in [-0.3, -0.25) is 14.3 Å². The molecule has 1 N–H and O–H groups in total. The van der Waals surface area contributed by atoms with Gasteiger partial charge in [0, 0.05) is 26.2 Å². The highest BCUT2D eigenvalue weighted by molar-refractivity contribution is 5.77. The van der Waals surface area contributed by atoms with Crippen LogP contribution in [0, 0.1) is 11.7 Å². The highest BCUT2D eigenvalue weighted by Crippen LogP contribution is 2.26. The van der Waals surface area contributed by atoms with E-state index in [2.05, 4.69) is 31.0 Å². The molecule has 0 aliphatic carbocycles. The second-order valence-electron chi connectivity index (χ2n) is 8.21. The minimum atomic E-state index is -0.390. The summed E-state index contributed by atoms with van der Waals surface area (Å²) in [6, 6.07) is 4.46. The van der Waals surface area contributed by atoms with Crippen LogP contribution in [0.15, 0.2) is 23.0 Å². The third-order valence-corrected chi connectivity index (χ3v) is 5.55. The summed E-state index contributed by atoms with van der Waals surface area (Å²) in [5, 5.41) is 3.83. The van der Waals surface area contributed by atoms with E-state index in [-0.39, 0.29) is 11.6 Å². The van der Waals surface area contributed by atoms with E-state index in [0.717, 1.165) is 57.7 Å². The Bertz CT molecular complexity index is 840. The van der Waals surface area contributed by atoms with E-state index < -0.39 is 5.82 Å². The van der Waals surface area contributed by atoms with E-state index in [9.17, 15) is 9.18 Å². The van der Waals surface area contributed by atoms with E-state index in [1.165, 1.54) is 12.1 Å². The van der Waals surface area contributed by atoms with Crippen molar-refractivity contribution in [2.45, 2.75) is 59.0 Å². The van der Waals surface area contributed by atoms with Crippen molar-refractivity contribution in [3.8, 4) is 0 Å². The number of benzene rings is 1. The normalized spacial score (nSPS) is 17.2. The van der Waals surface area contributed by atoms with Gasteiger partial charge in [-0.2, -0.15) is 0 Å². The Kier molecular flexibility index (Phi) is 7.18. The van der Waals surface area contributed by atoms with Gasteiger partial charge in [-0.15, -0.1) is 0 Å². The molecule has 0 bridgehead atoms. The molecule has 3 rings (SSSR count). The summed E-state index contributed by atoms with van der Waals surface area (Å²) in [6.07, 6.45) is 3.97. The maximum atomic E-state index is 13.8. The number of fused-ring (bicyclic) bond motifs is 1. The summed E-state index contributed by atoms with van der Waals surface area (Å²) >= 11 is 0. The SMILES string of the molecule is CCCC(c1nc2ccc(F)cc2c(=O)n1CCC(C)C)N1CCCNCC1. The number of nitrogens with one attached hydrogen (secondary N) is 1. The first-order valence-electron chi connectivity index (χ1n) is 10.7. The van der Waals surface area contributed by atoms with Crippen LogP contribution in [0.1, 0.15) is 58.3 Å². The fourth-order valence-electron chi connectivity index (χ4n) is 3.99. The fraction of sp³-hybridized carbons (Fsp3) is 0.636. The molecule has 1 unspecified atom stereocenters. The van der Waals surface area contributed by atoms with Crippen LogP contribution in [0.4, 0.5) is 4.39 Å². The smallest absolute Gasteiger partial charge is 0.261 e. The number of halogens is 1. The van der Waals surface area contributed by atoms with Crippen molar-refractivity contribution in [1.82, 2.24) is 19.8 Å². The third kappa shape index (κ3) is 4.78. The van der Waals surface area contributed by atoms with Crippen LogP contribution in [0.2, 0.25) is 0 Å². The van der Waals surface area contributed by atoms with E-state index in [4.69, 9.17) is 4.98 Å². The molecule has 2 aromatic rings. The Labute approximate surface area is 167 Å². The Hall–Kier alpha value is -1.79. The molecule has 0 spiro atoms. The van der Waals surface area contributed by atoms with Gasteiger partial charge in [-0.25, -0.2) is 9.37 Å². The third-order valence-electron chi connectivity index (χ3n) is 5.55. The number of hydrogen-bond donors (Lipinski definition) is 1. The standard InChI is InChI=1S/C22H33FN4O/c1-4-6-20(26-12-5-10-24-11-14-26)21-25-19-8-7-17(23)15-18(19)22(28)27(21)13-9-16(2)3/h7-8,15-16,20,24H,4-6,9-14H2,1-3H3. The molecule has 154 valence electrons. The van der Waals surface area contributed by atoms with Gasteiger partial charge in [-0.05, 0) is 49.9 Å². The monoisotopic (exact) mass is 388 g/mol. The van der Waals surface area contributed by atoms with Crippen LogP contribution in [-0.4, -0.2) is 40.6 Å². The van der Waals surface area contributed by atoms with Crippen molar-refractivity contribution in [2.24, 2.45) is 5.92 Å². The van der Waals surface area contributed by atoms with Crippen LogP contribution < -0.4 is 10.9 Å². The Balaban J connectivity index is 2.12. The first-order valence-corrected chi connectivity index (χ1v) is 10.7. The lowest BCUT2D eigenvalue weighted by atomic mass is 10.1. The summed E-state index contributed by atoms with van der Waals surface area (Å²) in [7, 11) is 0. The van der Waals surface area contributed by atoms with Gasteiger partial charge < -0.3 is 5.32 Å². The van der Waals surface area contributed by atoms with Gasteiger partial charge in [0.2, 0.25) is 0 Å². The molecule has 28 heavy (non-hydrogen) atoms. The largest absolute Gasteiger partial charge is 0.315 e. The number of rotatable bonds is 7. The van der Waals surface area contributed by atoms with Gasteiger partial charge in [0.25, 0.3) is 5.56 Å². The Morgan fingerprint density at radius 2 is 2.04 bits per heavy atom. The molecular weight excluding hydrogens is 355 g/mol. The first kappa shape index (κ1) is 20.9. The molecule has 1 aliphatic heterocycles. The highest BCUT2D eigenvalue weighted by atomic mass is 19.1. The zero-order chi connectivity index (χ0) is 20.1. The molecule has 1 aromatic heterocycles. The minimum absolute atomic E-state index is 0.110. The number of hydrogen-bond acceptors (Lipinski definition) is 4. The lowest BCUT2D eigenvalue weighted by Gasteiger charge is -2.31. The lowest BCUT2D eigenvalue weighted by molar-refractivity contribution is 0.184. The molecule has 1 atom stereocenters. The summed E-state index contributed by atoms with van der Waals surface area (Å²) in [5.74, 6) is 0.932. The van der Waals surface area contributed by atoms with Gasteiger partial charge in [0.05, 0.1) is 16.9 Å². The lowest BCUT2D eigenvalue weighted by Crippen LogP contribution is -2.37. The summed E-state index contributed by atoms with van der Waals surface area (Å²) in [5.41, 5.74) is 0.477. The molecule has 1 aliphatic rings. The maximum Gasteiger partial charge on any atom is 0.261 e. The average molecular weight is 389 g/mol. The molecule has 1 aromatic carbocycles. The maximum absolute atomic E-state index is 13.8. The Morgan fingerprint density at radius 3 is 2.79 bits per heavy atom. The van der Waals surface area contributed by atoms with Crippen molar-refractivity contribution >= 4 is 10.9 Å². The van der Waals surface area contributed by atoms with Gasteiger partial charge >= 0.3 is 0 Å². The summed E-state index contributed by atoms with van der Waals surface area (Å²) < 4.78 is 15.6. The van der Waals surface area contributed by atoms with Crippen molar-refractivity contribution in [1.29, 1.82) is 0 Å². The fourth-order valence-corrected chi connectivity index (χ4v) is 3.99. The second-order valence-corrected chi connectivity index (χ2v) is 8.21. The molecule has 5 nitrogen and oxygen atoms in total. The average Bonchev–Trinajstić information content (AvgIpc) is 2.95. The topological polar surface area (TPSA) is 50.2 Å². The van der Waals surface area contributed by atoms with Gasteiger partial charge in [0.15, 0.2) is 0 Å². The molecule has 1 fully saturated rings. The molecule has 0 saturated carbocycles. The van der Waals surface area contributed by atoms with Gasteiger partial charge in [-0.1, -0.05) is 27.2 Å². The van der Waals surface area contributed by atoms with Crippen molar-refractivity contribution in [3.63, 3.8) is 0 Å².